The van der Waals surface area contributed by atoms with Crippen LogP contribution in [-0.4, -0.2) is 45.0 Å². The van der Waals surface area contributed by atoms with E-state index >= 15 is 0 Å². The van der Waals surface area contributed by atoms with Crippen LogP contribution in [0.4, 0.5) is 5.69 Å². The van der Waals surface area contributed by atoms with Gasteiger partial charge in [0.25, 0.3) is 5.56 Å². The van der Waals surface area contributed by atoms with Crippen molar-refractivity contribution in [2.45, 2.75) is 38.7 Å². The highest BCUT2D eigenvalue weighted by Crippen LogP contribution is 2.33. The number of rotatable bonds is 5. The third-order valence-corrected chi connectivity index (χ3v) is 5.37. The van der Waals surface area contributed by atoms with Crippen molar-refractivity contribution in [3.8, 4) is 17.0 Å². The first-order valence-corrected chi connectivity index (χ1v) is 9.08. The number of aromatic carboxylic acids is 1. The number of β-amino-alcohol motifs (C(OH)–C–C–N with tert-alkyl or cyclic N) is 1. The predicted octanol–water partition coefficient (Wildman–Crippen LogP) is 2.36. The van der Waals surface area contributed by atoms with E-state index in [4.69, 9.17) is 5.11 Å². The van der Waals surface area contributed by atoms with Crippen LogP contribution in [0.25, 0.3) is 11.3 Å². The SMILES string of the molecule is CCc1c(-c2ccc(N3CCC(O)(CC)C3)cc2)[nH]c(=O)c(C(=O)O)c1O. The van der Waals surface area contributed by atoms with Crippen molar-refractivity contribution in [1.29, 1.82) is 0 Å². The van der Waals surface area contributed by atoms with Crippen LogP contribution in [0.2, 0.25) is 0 Å². The zero-order valence-electron chi connectivity index (χ0n) is 15.5. The lowest BCUT2D eigenvalue weighted by Gasteiger charge is -2.23. The van der Waals surface area contributed by atoms with Crippen LogP contribution in [0.1, 0.15) is 42.6 Å². The zero-order chi connectivity index (χ0) is 19.8. The Bertz CT molecular complexity index is 919. The molecule has 4 N–H and O–H groups in total. The number of H-pyrrole nitrogens is 1. The third kappa shape index (κ3) is 3.42. The molecule has 7 heteroatoms. The first-order chi connectivity index (χ1) is 12.8. The Morgan fingerprint density at radius 2 is 1.93 bits per heavy atom. The maximum Gasteiger partial charge on any atom is 0.345 e. The Labute approximate surface area is 156 Å². The second kappa shape index (κ2) is 7.08. The molecule has 1 atom stereocenters. The minimum Gasteiger partial charge on any atom is -0.506 e. The lowest BCUT2D eigenvalue weighted by molar-refractivity contribution is 0.0593. The smallest absolute Gasteiger partial charge is 0.345 e. The summed E-state index contributed by atoms with van der Waals surface area (Å²) in [6.45, 7) is 5.11. The average Bonchev–Trinajstić information content (AvgIpc) is 3.04. The largest absolute Gasteiger partial charge is 0.506 e. The van der Waals surface area contributed by atoms with Gasteiger partial charge in [-0.15, -0.1) is 0 Å². The summed E-state index contributed by atoms with van der Waals surface area (Å²) in [6, 6.07) is 7.44. The molecule has 0 bridgehead atoms. The number of aromatic hydroxyl groups is 1. The van der Waals surface area contributed by atoms with Crippen molar-refractivity contribution in [2.24, 2.45) is 0 Å². The van der Waals surface area contributed by atoms with Crippen LogP contribution in [0, 0.1) is 0 Å². The number of aromatic amines is 1. The Morgan fingerprint density at radius 1 is 1.26 bits per heavy atom. The van der Waals surface area contributed by atoms with Crippen LogP contribution >= 0.6 is 0 Å². The van der Waals surface area contributed by atoms with E-state index in [1.807, 2.05) is 31.2 Å². The van der Waals surface area contributed by atoms with E-state index < -0.39 is 28.4 Å². The van der Waals surface area contributed by atoms with Crippen LogP contribution in [-0.2, 0) is 6.42 Å². The monoisotopic (exact) mass is 372 g/mol. The predicted molar refractivity (Wildman–Crippen MR) is 103 cm³/mol. The summed E-state index contributed by atoms with van der Waals surface area (Å²) in [4.78, 5) is 28.0. The molecule has 1 aliphatic rings. The van der Waals surface area contributed by atoms with Gasteiger partial charge >= 0.3 is 5.97 Å². The molecule has 27 heavy (non-hydrogen) atoms. The molecule has 1 aromatic heterocycles. The van der Waals surface area contributed by atoms with Gasteiger partial charge in [0.2, 0.25) is 0 Å². The summed E-state index contributed by atoms with van der Waals surface area (Å²) in [5.41, 5.74) is 0.341. The molecule has 1 unspecified atom stereocenters. The van der Waals surface area contributed by atoms with Gasteiger partial charge in [-0.1, -0.05) is 26.0 Å². The first-order valence-electron chi connectivity index (χ1n) is 9.08. The quantitative estimate of drug-likeness (QED) is 0.641. The van der Waals surface area contributed by atoms with Gasteiger partial charge in [0, 0.05) is 24.3 Å². The molecule has 1 aromatic carbocycles. The Morgan fingerprint density at radius 3 is 2.44 bits per heavy atom. The van der Waals surface area contributed by atoms with Crippen molar-refractivity contribution in [3.63, 3.8) is 0 Å². The van der Waals surface area contributed by atoms with Gasteiger partial charge in [0.15, 0.2) is 5.56 Å². The number of nitrogens with zero attached hydrogens (tertiary/aromatic N) is 1. The molecule has 3 rings (SSSR count). The van der Waals surface area contributed by atoms with Crippen molar-refractivity contribution in [1.82, 2.24) is 4.98 Å². The molecule has 1 fully saturated rings. The van der Waals surface area contributed by atoms with Gasteiger partial charge in [-0.25, -0.2) is 4.79 Å². The van der Waals surface area contributed by atoms with Gasteiger partial charge in [-0.2, -0.15) is 0 Å². The number of hydrogen-bond acceptors (Lipinski definition) is 5. The van der Waals surface area contributed by atoms with Crippen LogP contribution in [0.15, 0.2) is 29.1 Å². The summed E-state index contributed by atoms with van der Waals surface area (Å²) >= 11 is 0. The molecule has 1 saturated heterocycles. The Hall–Kier alpha value is -2.80. The van der Waals surface area contributed by atoms with E-state index in [0.29, 0.717) is 36.2 Å². The second-order valence-electron chi connectivity index (χ2n) is 6.99. The summed E-state index contributed by atoms with van der Waals surface area (Å²) in [5, 5.41) is 29.8. The van der Waals surface area contributed by atoms with E-state index in [1.54, 1.807) is 6.92 Å². The fraction of sp³-hybridized carbons (Fsp3) is 0.400. The molecule has 144 valence electrons. The fourth-order valence-electron chi connectivity index (χ4n) is 3.62. The molecule has 0 saturated carbocycles. The van der Waals surface area contributed by atoms with Crippen LogP contribution < -0.4 is 10.5 Å². The Kier molecular flexibility index (Phi) is 4.97. The number of carboxylic acids is 1. The second-order valence-corrected chi connectivity index (χ2v) is 6.99. The zero-order valence-corrected chi connectivity index (χ0v) is 15.5. The third-order valence-electron chi connectivity index (χ3n) is 5.37. The number of carbonyl (C=O) groups is 1. The number of anilines is 1. The molecule has 0 aliphatic carbocycles. The first kappa shape index (κ1) is 19.0. The minimum absolute atomic E-state index is 0.371. The molecule has 0 radical (unpaired) electrons. The lowest BCUT2D eigenvalue weighted by Crippen LogP contribution is -2.32. The van der Waals surface area contributed by atoms with Crippen molar-refractivity contribution < 1.29 is 20.1 Å². The Balaban J connectivity index is 1.96. The number of aromatic nitrogens is 1. The minimum atomic E-state index is -1.46. The maximum absolute atomic E-state index is 12.1. The van der Waals surface area contributed by atoms with E-state index in [9.17, 15) is 19.8 Å². The molecular formula is C20H24N2O5. The molecular weight excluding hydrogens is 348 g/mol. The van der Waals surface area contributed by atoms with E-state index in [1.165, 1.54) is 0 Å². The standard InChI is InChI=1S/C20H24N2O5/c1-3-14-16(21-18(24)15(17(14)23)19(25)26)12-5-7-13(8-6-12)22-10-9-20(27,4-2)11-22/h5-8,27H,3-4,9-11H2,1-2H3,(H,25,26)(H2,21,23,24). The number of carboxylic acid groups (broad SMARTS) is 1. The number of benzene rings is 1. The van der Waals surface area contributed by atoms with E-state index in [-0.39, 0.29) is 0 Å². The van der Waals surface area contributed by atoms with Crippen LogP contribution in [0.5, 0.6) is 5.75 Å². The highest BCUT2D eigenvalue weighted by atomic mass is 16.4. The summed E-state index contributed by atoms with van der Waals surface area (Å²) in [5.74, 6) is -1.94. The van der Waals surface area contributed by atoms with Gasteiger partial charge in [0.1, 0.15) is 5.75 Å². The van der Waals surface area contributed by atoms with Gasteiger partial charge in [-0.3, -0.25) is 4.79 Å². The molecule has 0 spiro atoms. The van der Waals surface area contributed by atoms with E-state index in [2.05, 4.69) is 9.88 Å². The lowest BCUT2D eigenvalue weighted by atomic mass is 10.00. The number of aliphatic hydroxyl groups is 1. The number of pyridine rings is 1. The molecule has 0 amide bonds. The van der Waals surface area contributed by atoms with Gasteiger partial charge < -0.3 is 25.2 Å². The van der Waals surface area contributed by atoms with Crippen molar-refractivity contribution in [3.05, 3.63) is 45.7 Å². The van der Waals surface area contributed by atoms with Gasteiger partial charge in [-0.05, 0) is 37.0 Å². The topological polar surface area (TPSA) is 114 Å². The fourth-order valence-corrected chi connectivity index (χ4v) is 3.62. The van der Waals surface area contributed by atoms with Crippen molar-refractivity contribution in [2.75, 3.05) is 18.0 Å². The highest BCUT2D eigenvalue weighted by Gasteiger charge is 2.34. The van der Waals surface area contributed by atoms with Gasteiger partial charge in [0.05, 0.1) is 11.3 Å². The average molecular weight is 372 g/mol. The summed E-state index contributed by atoms with van der Waals surface area (Å²) in [6.07, 6.45) is 1.80. The highest BCUT2D eigenvalue weighted by molar-refractivity contribution is 5.92. The number of hydrogen-bond donors (Lipinski definition) is 4. The summed E-state index contributed by atoms with van der Waals surface area (Å²) in [7, 11) is 0. The molecule has 7 nitrogen and oxygen atoms in total. The van der Waals surface area contributed by atoms with Crippen LogP contribution in [0.3, 0.4) is 0 Å². The number of nitrogens with one attached hydrogen (secondary N) is 1. The molecule has 1 aliphatic heterocycles. The van der Waals surface area contributed by atoms with E-state index in [0.717, 1.165) is 18.7 Å². The molecule has 2 aromatic rings. The van der Waals surface area contributed by atoms with Crippen molar-refractivity contribution >= 4 is 11.7 Å². The normalized spacial score (nSPS) is 19.4. The summed E-state index contributed by atoms with van der Waals surface area (Å²) < 4.78 is 0. The molecule has 2 heterocycles. The maximum atomic E-state index is 12.1.